The average Bonchev–Trinajstić information content (AvgIpc) is 3.07. The van der Waals surface area contributed by atoms with Gasteiger partial charge in [-0.3, -0.25) is 0 Å². The molecular weight excluding hydrogens is 506 g/mol. The van der Waals surface area contributed by atoms with E-state index in [1.54, 1.807) is 22.3 Å². The number of nitrogens with one attached hydrogen (secondary N) is 1. The first kappa shape index (κ1) is 27.2. The molecule has 0 aromatic heterocycles. The third-order valence-corrected chi connectivity index (χ3v) is 12.8. The summed E-state index contributed by atoms with van der Waals surface area (Å²) < 4.78 is 0. The van der Waals surface area contributed by atoms with Crippen LogP contribution in [-0.4, -0.2) is 6.54 Å². The van der Waals surface area contributed by atoms with Gasteiger partial charge in [-0.25, -0.2) is 0 Å². The molecule has 0 radical (unpaired) electrons. The predicted octanol–water partition coefficient (Wildman–Crippen LogP) is 10.1. The zero-order valence-corrected chi connectivity index (χ0v) is 25.6. The lowest BCUT2D eigenvalue weighted by Gasteiger charge is -2.58. The molecule has 1 nitrogen and oxygen atoms in total. The van der Waals surface area contributed by atoms with Crippen LogP contribution in [0.5, 0.6) is 0 Å². The van der Waals surface area contributed by atoms with E-state index in [2.05, 4.69) is 84.3 Å². The summed E-state index contributed by atoms with van der Waals surface area (Å²) in [6, 6.07) is 7.61. The van der Waals surface area contributed by atoms with Crippen LogP contribution >= 0.6 is 0 Å². The van der Waals surface area contributed by atoms with Crippen LogP contribution in [0.4, 0.5) is 0 Å². The summed E-state index contributed by atoms with van der Waals surface area (Å²) >= 11 is 0. The molecular formula is C41H51N. The Morgan fingerprint density at radius 3 is 2.36 bits per heavy atom. The minimum absolute atomic E-state index is 0.527. The van der Waals surface area contributed by atoms with Crippen molar-refractivity contribution in [3.8, 4) is 0 Å². The monoisotopic (exact) mass is 557 g/mol. The number of hydrogen-bond donors (Lipinski definition) is 1. The molecule has 220 valence electrons. The van der Waals surface area contributed by atoms with E-state index in [0.717, 1.165) is 41.4 Å². The van der Waals surface area contributed by atoms with Crippen LogP contribution < -0.4 is 5.32 Å². The van der Waals surface area contributed by atoms with E-state index >= 15 is 0 Å². The molecule has 9 atom stereocenters. The SMILES string of the molecule is C1=CC(C2C=CC(C3C4CC=CCC4C(C4CCC(c5cccc6c5C=CCC6)NC4)C4CCCCC43)=CC2)=CCC1. The fraction of sp³-hybridized carbons (Fsp3) is 0.561. The van der Waals surface area contributed by atoms with Crippen LogP contribution in [0.3, 0.4) is 0 Å². The standard InChI is InChI=1S/C41H51N/c1-2-11-28(12-3-1)29-21-23-31(24-22-29)40-35-16-6-8-18-37(35)41(38-19-9-7-17-36(38)40)32-25-26-39(42-27-32)34-20-10-14-30-13-4-5-15-33(30)34/h2,5-6,8,10-12,14-15,20-21,23-24,29,32,35-42H,1,3-4,7,9,13,16-19,22,25-27H2. The highest BCUT2D eigenvalue weighted by atomic mass is 14.9. The first-order valence-corrected chi connectivity index (χ1v) is 17.8. The molecule has 0 amide bonds. The molecule has 2 saturated carbocycles. The summed E-state index contributed by atoms with van der Waals surface area (Å²) in [5, 5.41) is 4.15. The molecule has 1 heteroatoms. The molecule has 0 spiro atoms. The lowest BCUT2D eigenvalue weighted by molar-refractivity contribution is -0.0607. The van der Waals surface area contributed by atoms with Gasteiger partial charge >= 0.3 is 0 Å². The Hall–Kier alpha value is -2.38. The van der Waals surface area contributed by atoms with Crippen LogP contribution in [0.25, 0.3) is 6.08 Å². The van der Waals surface area contributed by atoms with Crippen molar-refractivity contribution in [2.24, 2.45) is 47.3 Å². The minimum atomic E-state index is 0.527. The van der Waals surface area contributed by atoms with Gasteiger partial charge in [0.1, 0.15) is 0 Å². The van der Waals surface area contributed by atoms with Gasteiger partial charge in [0.25, 0.3) is 0 Å². The van der Waals surface area contributed by atoms with Gasteiger partial charge < -0.3 is 5.32 Å². The second-order valence-electron chi connectivity index (χ2n) is 14.7. The molecule has 1 N–H and O–H groups in total. The van der Waals surface area contributed by atoms with Crippen molar-refractivity contribution in [3.05, 3.63) is 101 Å². The van der Waals surface area contributed by atoms with Gasteiger partial charge in [0.05, 0.1) is 0 Å². The topological polar surface area (TPSA) is 12.0 Å². The van der Waals surface area contributed by atoms with Gasteiger partial charge in [-0.2, -0.15) is 0 Å². The van der Waals surface area contributed by atoms with E-state index in [-0.39, 0.29) is 0 Å². The Morgan fingerprint density at radius 1 is 0.667 bits per heavy atom. The molecule has 1 saturated heterocycles. The summed E-state index contributed by atoms with van der Waals surface area (Å²) in [7, 11) is 0. The van der Waals surface area contributed by atoms with Crippen molar-refractivity contribution >= 4 is 6.08 Å². The summed E-state index contributed by atoms with van der Waals surface area (Å²) in [6.07, 6.45) is 42.3. The second-order valence-corrected chi connectivity index (χ2v) is 14.7. The van der Waals surface area contributed by atoms with Crippen molar-refractivity contribution in [2.45, 2.75) is 89.5 Å². The minimum Gasteiger partial charge on any atom is -0.310 e. The molecule has 1 aromatic carbocycles. The molecule has 9 unspecified atom stereocenters. The molecule has 3 fully saturated rings. The van der Waals surface area contributed by atoms with Crippen LogP contribution in [0.2, 0.25) is 0 Å². The van der Waals surface area contributed by atoms with E-state index < -0.39 is 0 Å². The average molecular weight is 558 g/mol. The maximum absolute atomic E-state index is 4.15. The summed E-state index contributed by atoms with van der Waals surface area (Å²) in [6.45, 7) is 1.22. The molecule has 0 bridgehead atoms. The molecule has 6 aliphatic carbocycles. The van der Waals surface area contributed by atoms with Crippen LogP contribution in [0, 0.1) is 47.3 Å². The zero-order valence-electron chi connectivity index (χ0n) is 25.6. The summed E-state index contributed by atoms with van der Waals surface area (Å²) in [5.41, 5.74) is 7.92. The highest BCUT2D eigenvalue weighted by Crippen LogP contribution is 2.60. The van der Waals surface area contributed by atoms with Gasteiger partial charge in [0, 0.05) is 12.0 Å². The highest BCUT2D eigenvalue weighted by molar-refractivity contribution is 5.61. The van der Waals surface area contributed by atoms with E-state index in [1.165, 1.54) is 95.6 Å². The van der Waals surface area contributed by atoms with Crippen LogP contribution in [0.1, 0.15) is 99.8 Å². The van der Waals surface area contributed by atoms with Crippen LogP contribution in [0.15, 0.2) is 84.0 Å². The van der Waals surface area contributed by atoms with Crippen LogP contribution in [-0.2, 0) is 6.42 Å². The Kier molecular flexibility index (Phi) is 7.74. The van der Waals surface area contributed by atoms with Crippen molar-refractivity contribution in [3.63, 3.8) is 0 Å². The number of aryl methyl sites for hydroxylation is 1. The number of fused-ring (bicyclic) bond motifs is 3. The van der Waals surface area contributed by atoms with Crippen molar-refractivity contribution in [2.75, 3.05) is 6.54 Å². The lowest BCUT2D eigenvalue weighted by Crippen LogP contribution is -2.53. The second kappa shape index (κ2) is 12.0. The fourth-order valence-corrected chi connectivity index (χ4v) is 11.0. The molecule has 1 aromatic rings. The van der Waals surface area contributed by atoms with Gasteiger partial charge in [-0.15, -0.1) is 0 Å². The normalized spacial score (nSPS) is 39.1. The van der Waals surface area contributed by atoms with Crippen molar-refractivity contribution < 1.29 is 0 Å². The zero-order chi connectivity index (χ0) is 27.9. The molecule has 42 heavy (non-hydrogen) atoms. The van der Waals surface area contributed by atoms with E-state index in [4.69, 9.17) is 0 Å². The molecule has 1 aliphatic heterocycles. The number of allylic oxidation sites excluding steroid dienone is 11. The Labute approximate surface area is 255 Å². The molecule has 1 heterocycles. The largest absolute Gasteiger partial charge is 0.310 e. The number of rotatable bonds is 4. The molecule has 8 rings (SSSR count). The third kappa shape index (κ3) is 4.98. The summed E-state index contributed by atoms with van der Waals surface area (Å²) in [4.78, 5) is 0. The van der Waals surface area contributed by atoms with Crippen molar-refractivity contribution in [1.29, 1.82) is 0 Å². The Morgan fingerprint density at radius 2 is 1.55 bits per heavy atom. The van der Waals surface area contributed by atoms with E-state index in [1.807, 2.05) is 0 Å². The van der Waals surface area contributed by atoms with Gasteiger partial charge in [-0.05, 0) is 146 Å². The first-order chi connectivity index (χ1) is 20.8. The lowest BCUT2D eigenvalue weighted by atomic mass is 9.47. The van der Waals surface area contributed by atoms with E-state index in [9.17, 15) is 0 Å². The van der Waals surface area contributed by atoms with Gasteiger partial charge in [-0.1, -0.05) is 91.8 Å². The smallest absolute Gasteiger partial charge is 0.0326 e. The number of hydrogen-bond acceptors (Lipinski definition) is 1. The quantitative estimate of drug-likeness (QED) is 0.363. The van der Waals surface area contributed by atoms with Gasteiger partial charge in [0.15, 0.2) is 0 Å². The fourth-order valence-electron chi connectivity index (χ4n) is 11.0. The Balaban J connectivity index is 1.03. The number of piperidine rings is 1. The molecule has 7 aliphatic rings. The predicted molar refractivity (Wildman–Crippen MR) is 177 cm³/mol. The maximum atomic E-state index is 4.15. The van der Waals surface area contributed by atoms with E-state index in [0.29, 0.717) is 12.0 Å². The van der Waals surface area contributed by atoms with Gasteiger partial charge in [0.2, 0.25) is 0 Å². The van der Waals surface area contributed by atoms with Crippen molar-refractivity contribution in [1.82, 2.24) is 5.32 Å². The summed E-state index contributed by atoms with van der Waals surface area (Å²) in [5.74, 6) is 6.63. The number of benzene rings is 1. The highest BCUT2D eigenvalue weighted by Gasteiger charge is 2.53. The first-order valence-electron chi connectivity index (χ1n) is 17.8. The maximum Gasteiger partial charge on any atom is 0.0326 e. The third-order valence-electron chi connectivity index (χ3n) is 12.8. The Bertz CT molecular complexity index is 1330.